The van der Waals surface area contributed by atoms with Crippen LogP contribution in [0.2, 0.25) is 0 Å². The maximum Gasteiger partial charge on any atom is 0.153 e. The third-order valence-corrected chi connectivity index (χ3v) is 3.91. The molecule has 3 aromatic rings. The van der Waals surface area contributed by atoms with Crippen molar-refractivity contribution in [2.24, 2.45) is 7.05 Å². The molecule has 0 amide bonds. The molecule has 1 aromatic carbocycles. The minimum absolute atomic E-state index is 0.494. The highest BCUT2D eigenvalue weighted by Crippen LogP contribution is 2.36. The van der Waals surface area contributed by atoms with Crippen molar-refractivity contribution in [1.82, 2.24) is 20.0 Å². The van der Waals surface area contributed by atoms with Crippen LogP contribution in [0, 0.1) is 0 Å². The van der Waals surface area contributed by atoms with Crippen LogP contribution >= 0.6 is 15.9 Å². The standard InChI is InChI=1S/C15H16BrN5/c1-3-12-11(8-21(2)20-12)14-13(15(17)19-18-14)9-5-4-6-10(16)7-9/h4-8H,3H2,1-2H3,(H3,17,18,19). The molecule has 0 atom stereocenters. The topological polar surface area (TPSA) is 72.5 Å². The Labute approximate surface area is 131 Å². The number of halogens is 1. The Balaban J connectivity index is 2.21. The first kappa shape index (κ1) is 13.9. The molecule has 3 rings (SSSR count). The van der Waals surface area contributed by atoms with Gasteiger partial charge in [0.25, 0.3) is 0 Å². The lowest BCUT2D eigenvalue weighted by Crippen LogP contribution is -1.90. The van der Waals surface area contributed by atoms with E-state index in [0.29, 0.717) is 5.82 Å². The second-order valence-corrected chi connectivity index (χ2v) is 5.80. The average molecular weight is 346 g/mol. The van der Waals surface area contributed by atoms with Gasteiger partial charge in [0.1, 0.15) is 0 Å². The van der Waals surface area contributed by atoms with Crippen molar-refractivity contribution < 1.29 is 0 Å². The Kier molecular flexibility index (Phi) is 3.55. The van der Waals surface area contributed by atoms with Gasteiger partial charge in [-0.2, -0.15) is 10.2 Å². The number of aromatic nitrogens is 4. The predicted molar refractivity (Wildman–Crippen MR) is 87.7 cm³/mol. The van der Waals surface area contributed by atoms with Crippen LogP contribution in [0.5, 0.6) is 0 Å². The van der Waals surface area contributed by atoms with Gasteiger partial charge in [-0.15, -0.1) is 0 Å². The number of aromatic amines is 1. The van der Waals surface area contributed by atoms with Crippen LogP contribution in [0.25, 0.3) is 22.4 Å². The van der Waals surface area contributed by atoms with Gasteiger partial charge in [-0.05, 0) is 24.1 Å². The summed E-state index contributed by atoms with van der Waals surface area (Å²) in [6.07, 6.45) is 2.85. The lowest BCUT2D eigenvalue weighted by atomic mass is 10.0. The Morgan fingerprint density at radius 2 is 2.19 bits per heavy atom. The second kappa shape index (κ2) is 5.37. The van der Waals surface area contributed by atoms with Gasteiger partial charge in [-0.25, -0.2) is 0 Å². The van der Waals surface area contributed by atoms with Crippen LogP contribution in [-0.4, -0.2) is 20.0 Å². The monoisotopic (exact) mass is 345 g/mol. The lowest BCUT2D eigenvalue weighted by molar-refractivity contribution is 0.746. The molecule has 2 heterocycles. The summed E-state index contributed by atoms with van der Waals surface area (Å²) in [5.41, 5.74) is 11.0. The lowest BCUT2D eigenvalue weighted by Gasteiger charge is -2.05. The van der Waals surface area contributed by atoms with Gasteiger partial charge in [0, 0.05) is 23.3 Å². The second-order valence-electron chi connectivity index (χ2n) is 4.89. The molecule has 0 saturated carbocycles. The normalized spacial score (nSPS) is 11.0. The number of nitrogens with two attached hydrogens (primary N) is 1. The van der Waals surface area contributed by atoms with Crippen LogP contribution in [0.3, 0.4) is 0 Å². The van der Waals surface area contributed by atoms with Crippen molar-refractivity contribution in [2.75, 3.05) is 5.73 Å². The van der Waals surface area contributed by atoms with Gasteiger partial charge in [0.15, 0.2) is 5.82 Å². The Morgan fingerprint density at radius 3 is 2.90 bits per heavy atom. The molecule has 0 bridgehead atoms. The number of nitrogens with one attached hydrogen (secondary N) is 1. The van der Waals surface area contributed by atoms with Crippen molar-refractivity contribution >= 4 is 21.7 Å². The van der Waals surface area contributed by atoms with E-state index in [1.807, 2.05) is 42.2 Å². The molecule has 21 heavy (non-hydrogen) atoms. The largest absolute Gasteiger partial charge is 0.382 e. The maximum atomic E-state index is 6.07. The molecule has 0 aliphatic carbocycles. The van der Waals surface area contributed by atoms with Gasteiger partial charge in [-0.3, -0.25) is 9.78 Å². The fourth-order valence-corrected chi connectivity index (χ4v) is 2.89. The van der Waals surface area contributed by atoms with E-state index in [4.69, 9.17) is 5.73 Å². The third kappa shape index (κ3) is 2.47. The molecule has 2 aromatic heterocycles. The fraction of sp³-hybridized carbons (Fsp3) is 0.200. The molecule has 0 aliphatic heterocycles. The average Bonchev–Trinajstić information content (AvgIpc) is 3.01. The van der Waals surface area contributed by atoms with E-state index < -0.39 is 0 Å². The molecule has 0 aliphatic rings. The summed E-state index contributed by atoms with van der Waals surface area (Å²) < 4.78 is 2.82. The molecule has 108 valence electrons. The van der Waals surface area contributed by atoms with E-state index in [1.54, 1.807) is 0 Å². The molecule has 5 nitrogen and oxygen atoms in total. The highest BCUT2D eigenvalue weighted by Gasteiger charge is 2.19. The number of hydrogen-bond acceptors (Lipinski definition) is 3. The van der Waals surface area contributed by atoms with Gasteiger partial charge in [0.05, 0.1) is 17.0 Å². The zero-order chi connectivity index (χ0) is 15.0. The molecule has 0 spiro atoms. The van der Waals surface area contributed by atoms with Crippen LogP contribution in [0.1, 0.15) is 12.6 Å². The van der Waals surface area contributed by atoms with Crippen LogP contribution in [0.4, 0.5) is 5.82 Å². The molecule has 0 fully saturated rings. The van der Waals surface area contributed by atoms with Crippen molar-refractivity contribution in [3.05, 3.63) is 40.6 Å². The molecule has 6 heteroatoms. The van der Waals surface area contributed by atoms with E-state index in [2.05, 4.69) is 38.1 Å². The SMILES string of the molecule is CCc1nn(C)cc1-c1[nH]nc(N)c1-c1cccc(Br)c1. The maximum absolute atomic E-state index is 6.07. The highest BCUT2D eigenvalue weighted by molar-refractivity contribution is 9.10. The summed E-state index contributed by atoms with van der Waals surface area (Å²) in [6, 6.07) is 8.03. The Bertz CT molecular complexity index is 787. The summed E-state index contributed by atoms with van der Waals surface area (Å²) in [6.45, 7) is 2.09. The first-order chi connectivity index (χ1) is 10.1. The fourth-order valence-electron chi connectivity index (χ4n) is 2.49. The van der Waals surface area contributed by atoms with E-state index in [9.17, 15) is 0 Å². The van der Waals surface area contributed by atoms with Crippen molar-refractivity contribution in [3.63, 3.8) is 0 Å². The third-order valence-electron chi connectivity index (χ3n) is 3.42. The quantitative estimate of drug-likeness (QED) is 0.764. The van der Waals surface area contributed by atoms with Crippen LogP contribution in [-0.2, 0) is 13.5 Å². The molecular formula is C15H16BrN5. The number of anilines is 1. The molecular weight excluding hydrogens is 330 g/mol. The first-order valence-corrected chi connectivity index (χ1v) is 7.52. The Morgan fingerprint density at radius 1 is 1.38 bits per heavy atom. The van der Waals surface area contributed by atoms with Gasteiger partial charge < -0.3 is 5.73 Å². The summed E-state index contributed by atoms with van der Waals surface area (Å²) in [5.74, 6) is 0.494. The number of nitrogens with zero attached hydrogens (tertiary/aromatic N) is 3. The van der Waals surface area contributed by atoms with Crippen molar-refractivity contribution in [1.29, 1.82) is 0 Å². The number of hydrogen-bond donors (Lipinski definition) is 2. The summed E-state index contributed by atoms with van der Waals surface area (Å²) in [7, 11) is 1.92. The minimum atomic E-state index is 0.494. The van der Waals surface area contributed by atoms with Crippen molar-refractivity contribution in [3.8, 4) is 22.4 Å². The van der Waals surface area contributed by atoms with Crippen LogP contribution in [0.15, 0.2) is 34.9 Å². The van der Waals surface area contributed by atoms with E-state index >= 15 is 0 Å². The van der Waals surface area contributed by atoms with E-state index in [1.165, 1.54) is 0 Å². The number of rotatable bonds is 3. The summed E-state index contributed by atoms with van der Waals surface area (Å²) >= 11 is 3.50. The molecule has 0 unspecified atom stereocenters. The minimum Gasteiger partial charge on any atom is -0.382 e. The number of nitrogen functional groups attached to an aromatic ring is 1. The van der Waals surface area contributed by atoms with Crippen molar-refractivity contribution in [2.45, 2.75) is 13.3 Å². The zero-order valence-corrected chi connectivity index (χ0v) is 13.5. The van der Waals surface area contributed by atoms with E-state index in [0.717, 1.165) is 39.0 Å². The van der Waals surface area contributed by atoms with Crippen LogP contribution < -0.4 is 5.73 Å². The van der Waals surface area contributed by atoms with Gasteiger partial charge in [-0.1, -0.05) is 35.0 Å². The van der Waals surface area contributed by atoms with Gasteiger partial charge in [0.2, 0.25) is 0 Å². The first-order valence-electron chi connectivity index (χ1n) is 6.72. The summed E-state index contributed by atoms with van der Waals surface area (Å²) in [5, 5.41) is 11.7. The number of aryl methyl sites for hydroxylation is 2. The molecule has 0 saturated heterocycles. The smallest absolute Gasteiger partial charge is 0.153 e. The number of benzene rings is 1. The molecule has 0 radical (unpaired) electrons. The van der Waals surface area contributed by atoms with Gasteiger partial charge >= 0.3 is 0 Å². The summed E-state index contributed by atoms with van der Waals surface area (Å²) in [4.78, 5) is 0. The zero-order valence-electron chi connectivity index (χ0n) is 11.9. The predicted octanol–water partition coefficient (Wildman–Crippen LogP) is 3.38. The number of H-pyrrole nitrogens is 1. The van der Waals surface area contributed by atoms with E-state index in [-0.39, 0.29) is 0 Å². The highest BCUT2D eigenvalue weighted by atomic mass is 79.9. The molecule has 3 N–H and O–H groups in total. The Hall–Kier alpha value is -2.08.